The molecule has 0 amide bonds. The molecule has 0 aliphatic carbocycles. The number of hydrogen-bond acceptors (Lipinski definition) is 3. The summed E-state index contributed by atoms with van der Waals surface area (Å²) in [6, 6.07) is 11.5. The summed E-state index contributed by atoms with van der Waals surface area (Å²) in [5, 5.41) is 8.71. The topological polar surface area (TPSA) is 51.6 Å². The summed E-state index contributed by atoms with van der Waals surface area (Å²) in [6.45, 7) is 0. The van der Waals surface area contributed by atoms with Crippen molar-refractivity contribution in [1.29, 1.82) is 5.26 Å². The fraction of sp³-hybridized carbons (Fsp3) is 0. The molecule has 24 heavy (non-hydrogen) atoms. The zero-order chi connectivity index (χ0) is 17.1. The maximum Gasteiger partial charge on any atom is 0.168 e. The summed E-state index contributed by atoms with van der Waals surface area (Å²) in [5.74, 6) is -2.40. The van der Waals surface area contributed by atoms with Crippen molar-refractivity contribution in [2.45, 2.75) is 4.90 Å². The Kier molecular flexibility index (Phi) is 4.49. The molecule has 120 valence electrons. The molecule has 3 aromatic rings. The van der Waals surface area contributed by atoms with Gasteiger partial charge in [0.1, 0.15) is 5.82 Å². The van der Waals surface area contributed by atoms with Crippen LogP contribution in [0.25, 0.3) is 11.3 Å². The quantitative estimate of drug-likeness (QED) is 0.648. The second-order valence-electron chi connectivity index (χ2n) is 4.86. The van der Waals surface area contributed by atoms with E-state index in [4.69, 9.17) is 5.26 Å². The monoisotopic (exact) mass is 345 g/mol. The summed E-state index contributed by atoms with van der Waals surface area (Å²) < 4.78 is 43.7. The van der Waals surface area contributed by atoms with Crippen molar-refractivity contribution in [2.24, 2.45) is 0 Å². The van der Waals surface area contributed by atoms with E-state index in [0.717, 1.165) is 24.1 Å². The Morgan fingerprint density at radius 1 is 1.04 bits per heavy atom. The third-order valence-electron chi connectivity index (χ3n) is 3.28. The van der Waals surface area contributed by atoms with E-state index in [-0.39, 0.29) is 16.8 Å². The lowest BCUT2D eigenvalue weighted by Crippen LogP contribution is -1.91. The van der Waals surface area contributed by atoms with Gasteiger partial charge in [-0.1, -0.05) is 6.07 Å². The fourth-order valence-electron chi connectivity index (χ4n) is 2.08. The minimum Gasteiger partial charge on any atom is -0.360 e. The molecule has 0 bridgehead atoms. The Bertz CT molecular complexity index is 931. The number of aromatic nitrogens is 1. The Balaban J connectivity index is 1.75. The van der Waals surface area contributed by atoms with Gasteiger partial charge in [0.2, 0.25) is 0 Å². The number of hydrogen-bond donors (Lipinski definition) is 2. The number of nitrogens with zero attached hydrogens (tertiary/aromatic N) is 1. The molecule has 0 atom stereocenters. The molecule has 0 spiro atoms. The van der Waals surface area contributed by atoms with Crippen LogP contribution in [0, 0.1) is 28.8 Å². The van der Waals surface area contributed by atoms with E-state index in [1.165, 1.54) is 24.3 Å². The van der Waals surface area contributed by atoms with Crippen LogP contribution in [0.1, 0.15) is 5.56 Å². The van der Waals surface area contributed by atoms with Gasteiger partial charge < -0.3 is 9.71 Å². The summed E-state index contributed by atoms with van der Waals surface area (Å²) in [6.07, 6.45) is 1.60. The molecule has 0 saturated heterocycles. The van der Waals surface area contributed by atoms with Crippen LogP contribution in [0.3, 0.4) is 0 Å². The number of H-pyrrole nitrogens is 1. The van der Waals surface area contributed by atoms with Crippen LogP contribution in [0.2, 0.25) is 0 Å². The standard InChI is InChI=1S/C17H10F3N3S/c18-13-3-1-2-12(17(13)20)16-7-11(9-22-16)24-23-15-5-4-10(8-21)6-14(15)19/h1-7,9,22-23H. The fourth-order valence-corrected chi connectivity index (χ4v) is 2.77. The van der Waals surface area contributed by atoms with Crippen molar-refractivity contribution in [2.75, 3.05) is 4.72 Å². The zero-order valence-electron chi connectivity index (χ0n) is 12.1. The van der Waals surface area contributed by atoms with E-state index in [1.54, 1.807) is 12.3 Å². The van der Waals surface area contributed by atoms with Gasteiger partial charge >= 0.3 is 0 Å². The first-order chi connectivity index (χ1) is 11.6. The lowest BCUT2D eigenvalue weighted by atomic mass is 10.1. The number of benzene rings is 2. The predicted molar refractivity (Wildman–Crippen MR) is 86.7 cm³/mol. The van der Waals surface area contributed by atoms with Crippen molar-refractivity contribution < 1.29 is 13.2 Å². The summed E-state index contributed by atoms with van der Waals surface area (Å²) in [4.78, 5) is 3.52. The van der Waals surface area contributed by atoms with Gasteiger partial charge in [-0.15, -0.1) is 0 Å². The van der Waals surface area contributed by atoms with Gasteiger partial charge in [0, 0.05) is 22.3 Å². The molecule has 3 rings (SSSR count). The first-order valence-electron chi connectivity index (χ1n) is 6.84. The average molecular weight is 345 g/mol. The van der Waals surface area contributed by atoms with Crippen molar-refractivity contribution in [3.8, 4) is 17.3 Å². The highest BCUT2D eigenvalue weighted by molar-refractivity contribution is 8.00. The van der Waals surface area contributed by atoms with Crippen LogP contribution in [0.15, 0.2) is 53.6 Å². The third kappa shape index (κ3) is 3.24. The Hall–Kier alpha value is -2.85. The van der Waals surface area contributed by atoms with E-state index in [2.05, 4.69) is 9.71 Å². The van der Waals surface area contributed by atoms with Gasteiger partial charge in [-0.05, 0) is 48.3 Å². The number of anilines is 1. The number of aromatic amines is 1. The molecule has 2 aromatic carbocycles. The van der Waals surface area contributed by atoms with Gasteiger partial charge in [-0.2, -0.15) is 5.26 Å². The predicted octanol–water partition coefficient (Wildman–Crippen LogP) is 5.09. The van der Waals surface area contributed by atoms with Crippen molar-refractivity contribution >= 4 is 17.6 Å². The molecule has 0 radical (unpaired) electrons. The van der Waals surface area contributed by atoms with Crippen molar-refractivity contribution in [3.05, 3.63) is 71.7 Å². The molecule has 1 aromatic heterocycles. The number of rotatable bonds is 4. The molecule has 0 fully saturated rings. The van der Waals surface area contributed by atoms with Gasteiger partial charge in [0.25, 0.3) is 0 Å². The Morgan fingerprint density at radius 2 is 1.88 bits per heavy atom. The van der Waals surface area contributed by atoms with Gasteiger partial charge in [-0.25, -0.2) is 13.2 Å². The SMILES string of the molecule is N#Cc1ccc(NSc2c[nH]c(-c3cccc(F)c3F)c2)c(F)c1. The van der Waals surface area contributed by atoms with Crippen molar-refractivity contribution in [1.82, 2.24) is 4.98 Å². The normalized spacial score (nSPS) is 10.4. The number of nitrogens with one attached hydrogen (secondary N) is 2. The molecule has 0 unspecified atom stereocenters. The van der Waals surface area contributed by atoms with Gasteiger partial charge in [0.05, 0.1) is 17.3 Å². The van der Waals surface area contributed by atoms with Gasteiger partial charge in [0.15, 0.2) is 11.6 Å². The first kappa shape index (κ1) is 16.0. The van der Waals surface area contributed by atoms with E-state index in [1.807, 2.05) is 6.07 Å². The first-order valence-corrected chi connectivity index (χ1v) is 7.65. The molecule has 0 aliphatic rings. The van der Waals surface area contributed by atoms with Crippen LogP contribution < -0.4 is 4.72 Å². The maximum absolute atomic E-state index is 13.8. The molecular formula is C17H10F3N3S. The second kappa shape index (κ2) is 6.72. The summed E-state index contributed by atoms with van der Waals surface area (Å²) >= 11 is 1.11. The molecule has 3 nitrogen and oxygen atoms in total. The molecular weight excluding hydrogens is 335 g/mol. The lowest BCUT2D eigenvalue weighted by Gasteiger charge is -2.05. The van der Waals surface area contributed by atoms with Crippen LogP contribution >= 0.6 is 11.9 Å². The largest absolute Gasteiger partial charge is 0.360 e. The second-order valence-corrected chi connectivity index (χ2v) is 5.74. The highest BCUT2D eigenvalue weighted by Gasteiger charge is 2.12. The summed E-state index contributed by atoms with van der Waals surface area (Å²) in [5.41, 5.74) is 0.982. The van der Waals surface area contributed by atoms with Gasteiger partial charge in [-0.3, -0.25) is 0 Å². The smallest absolute Gasteiger partial charge is 0.168 e. The van der Waals surface area contributed by atoms with E-state index < -0.39 is 17.5 Å². The minimum atomic E-state index is -0.929. The molecule has 0 aliphatic heterocycles. The minimum absolute atomic E-state index is 0.117. The molecule has 7 heteroatoms. The van der Waals surface area contributed by atoms with Crippen molar-refractivity contribution in [3.63, 3.8) is 0 Å². The van der Waals surface area contributed by atoms with Crippen LogP contribution in [0.5, 0.6) is 0 Å². The Labute approximate surface area is 140 Å². The zero-order valence-corrected chi connectivity index (χ0v) is 12.9. The molecule has 0 saturated carbocycles. The average Bonchev–Trinajstić information content (AvgIpc) is 3.05. The van der Waals surface area contributed by atoms with E-state index in [9.17, 15) is 13.2 Å². The lowest BCUT2D eigenvalue weighted by molar-refractivity contribution is 0.511. The molecule has 1 heterocycles. The maximum atomic E-state index is 13.8. The summed E-state index contributed by atoms with van der Waals surface area (Å²) in [7, 11) is 0. The van der Waals surface area contributed by atoms with Crippen LogP contribution in [-0.4, -0.2) is 4.98 Å². The highest BCUT2D eigenvalue weighted by Crippen LogP contribution is 2.29. The van der Waals surface area contributed by atoms with Crippen LogP contribution in [0.4, 0.5) is 18.9 Å². The van der Waals surface area contributed by atoms with E-state index in [0.29, 0.717) is 10.6 Å². The third-order valence-corrected chi connectivity index (χ3v) is 4.07. The number of halogens is 3. The van der Waals surface area contributed by atoms with Crippen LogP contribution in [-0.2, 0) is 0 Å². The number of nitriles is 1. The van der Waals surface area contributed by atoms with E-state index >= 15 is 0 Å². The molecule has 2 N–H and O–H groups in total. The Morgan fingerprint density at radius 3 is 2.62 bits per heavy atom. The highest BCUT2D eigenvalue weighted by atomic mass is 32.2.